The summed E-state index contributed by atoms with van der Waals surface area (Å²) >= 11 is 0. The molecule has 98 valence electrons. The third kappa shape index (κ3) is 3.81. The lowest BCUT2D eigenvalue weighted by atomic mass is 10.1. The highest BCUT2D eigenvalue weighted by molar-refractivity contribution is 5.88. The Morgan fingerprint density at radius 3 is 2.63 bits per heavy atom. The normalized spacial score (nSPS) is 10.0. The Bertz CT molecular complexity index is 564. The van der Waals surface area contributed by atoms with Crippen LogP contribution in [0.15, 0.2) is 42.6 Å². The second kappa shape index (κ2) is 6.00. The number of carbonyl (C=O) groups excluding carboxylic acids is 1. The largest absolute Gasteiger partial charge is 0.366 e. The van der Waals surface area contributed by atoms with Crippen molar-refractivity contribution in [1.82, 2.24) is 4.98 Å². The topological polar surface area (TPSA) is 54.0 Å². The second-order valence-corrected chi connectivity index (χ2v) is 4.39. The number of hydrogen-bond acceptors (Lipinski definition) is 3. The molecule has 4 nitrogen and oxygen atoms in total. The maximum atomic E-state index is 10.9. The van der Waals surface area contributed by atoms with Crippen molar-refractivity contribution in [3.05, 3.63) is 53.7 Å². The number of carbonyl (C=O) groups is 1. The van der Waals surface area contributed by atoms with Crippen molar-refractivity contribution in [2.45, 2.75) is 20.4 Å². The minimum Gasteiger partial charge on any atom is -0.366 e. The summed E-state index contributed by atoms with van der Waals surface area (Å²) in [5, 5.41) is 5.94. The summed E-state index contributed by atoms with van der Waals surface area (Å²) in [5.41, 5.74) is 3.20. The molecule has 4 heteroatoms. The third-order valence-electron chi connectivity index (χ3n) is 2.81. The van der Waals surface area contributed by atoms with E-state index in [2.05, 4.69) is 34.7 Å². The molecule has 0 aliphatic carbocycles. The van der Waals surface area contributed by atoms with Crippen LogP contribution in [-0.2, 0) is 11.3 Å². The number of aryl methyl sites for hydroxylation is 1. The summed E-state index contributed by atoms with van der Waals surface area (Å²) < 4.78 is 0. The van der Waals surface area contributed by atoms with Crippen molar-refractivity contribution in [3.63, 3.8) is 0 Å². The molecule has 0 radical (unpaired) electrons. The van der Waals surface area contributed by atoms with Gasteiger partial charge < -0.3 is 10.6 Å². The molecule has 2 rings (SSSR count). The van der Waals surface area contributed by atoms with Gasteiger partial charge in [-0.1, -0.05) is 24.3 Å². The van der Waals surface area contributed by atoms with Gasteiger partial charge in [0.2, 0.25) is 5.91 Å². The van der Waals surface area contributed by atoms with Gasteiger partial charge in [-0.2, -0.15) is 0 Å². The molecule has 1 amide bonds. The maximum absolute atomic E-state index is 10.9. The monoisotopic (exact) mass is 255 g/mol. The molecule has 0 bridgehead atoms. The minimum absolute atomic E-state index is 0.0950. The Morgan fingerprint density at radius 1 is 1.21 bits per heavy atom. The Balaban J connectivity index is 1.97. The fraction of sp³-hybridized carbons (Fsp3) is 0.200. The zero-order valence-electron chi connectivity index (χ0n) is 11.1. The van der Waals surface area contributed by atoms with E-state index in [1.165, 1.54) is 18.1 Å². The first-order valence-corrected chi connectivity index (χ1v) is 6.17. The third-order valence-corrected chi connectivity index (χ3v) is 2.81. The molecule has 0 aliphatic heterocycles. The fourth-order valence-electron chi connectivity index (χ4n) is 1.77. The van der Waals surface area contributed by atoms with Crippen LogP contribution in [0.1, 0.15) is 18.1 Å². The number of aromatic nitrogens is 1. The smallest absolute Gasteiger partial charge is 0.221 e. The van der Waals surface area contributed by atoms with Crippen molar-refractivity contribution in [2.24, 2.45) is 0 Å². The molecule has 19 heavy (non-hydrogen) atoms. The lowest BCUT2D eigenvalue weighted by Crippen LogP contribution is -2.07. The number of pyridine rings is 1. The number of rotatable bonds is 4. The Morgan fingerprint density at radius 2 is 2.00 bits per heavy atom. The first-order valence-electron chi connectivity index (χ1n) is 6.17. The van der Waals surface area contributed by atoms with E-state index in [0.29, 0.717) is 5.69 Å². The Hall–Kier alpha value is -2.36. The SMILES string of the molecule is CC(=O)Nc1ccc(NCc2ccccc2C)nc1. The predicted octanol–water partition coefficient (Wildman–Crippen LogP) is 2.96. The number of nitrogens with zero attached hydrogens (tertiary/aromatic N) is 1. The van der Waals surface area contributed by atoms with Crippen LogP contribution in [0.4, 0.5) is 11.5 Å². The van der Waals surface area contributed by atoms with E-state index in [4.69, 9.17) is 0 Å². The summed E-state index contributed by atoms with van der Waals surface area (Å²) in [4.78, 5) is 15.1. The van der Waals surface area contributed by atoms with E-state index < -0.39 is 0 Å². The van der Waals surface area contributed by atoms with Gasteiger partial charge in [-0.3, -0.25) is 4.79 Å². The van der Waals surface area contributed by atoms with Gasteiger partial charge in [0.15, 0.2) is 0 Å². The van der Waals surface area contributed by atoms with Crippen LogP contribution < -0.4 is 10.6 Å². The van der Waals surface area contributed by atoms with Crippen LogP contribution in [0, 0.1) is 6.92 Å². The van der Waals surface area contributed by atoms with E-state index in [1.54, 1.807) is 6.20 Å². The Kier molecular flexibility index (Phi) is 4.13. The standard InChI is InChI=1S/C15H17N3O/c1-11-5-3-4-6-13(11)9-16-15-8-7-14(10-17-15)18-12(2)19/h3-8,10H,9H2,1-2H3,(H,16,17)(H,18,19). The van der Waals surface area contributed by atoms with Crippen LogP contribution in [0.2, 0.25) is 0 Å². The average molecular weight is 255 g/mol. The molecule has 0 atom stereocenters. The summed E-state index contributed by atoms with van der Waals surface area (Å²) in [6, 6.07) is 11.9. The summed E-state index contributed by atoms with van der Waals surface area (Å²) in [6.45, 7) is 4.30. The van der Waals surface area contributed by atoms with E-state index in [-0.39, 0.29) is 5.91 Å². The quantitative estimate of drug-likeness (QED) is 0.883. The molecule has 0 fully saturated rings. The lowest BCUT2D eigenvalue weighted by molar-refractivity contribution is -0.114. The van der Waals surface area contributed by atoms with Gasteiger partial charge in [-0.25, -0.2) is 4.98 Å². The molecule has 0 saturated carbocycles. The first kappa shape index (κ1) is 13.1. The molecule has 2 aromatic rings. The van der Waals surface area contributed by atoms with Crippen LogP contribution in [0.5, 0.6) is 0 Å². The van der Waals surface area contributed by atoms with Crippen LogP contribution in [0.25, 0.3) is 0 Å². The Labute approximate surface area is 112 Å². The van der Waals surface area contributed by atoms with Gasteiger partial charge >= 0.3 is 0 Å². The van der Waals surface area contributed by atoms with E-state index in [1.807, 2.05) is 24.3 Å². The summed E-state index contributed by atoms with van der Waals surface area (Å²) in [6.07, 6.45) is 1.64. The molecule has 0 saturated heterocycles. The van der Waals surface area contributed by atoms with Crippen LogP contribution >= 0.6 is 0 Å². The molecular formula is C15H17N3O. The van der Waals surface area contributed by atoms with E-state index >= 15 is 0 Å². The molecule has 1 aromatic heterocycles. The predicted molar refractivity (Wildman–Crippen MR) is 77.0 cm³/mol. The maximum Gasteiger partial charge on any atom is 0.221 e. The average Bonchev–Trinajstić information content (AvgIpc) is 2.39. The molecule has 1 heterocycles. The van der Waals surface area contributed by atoms with Gasteiger partial charge in [0.1, 0.15) is 5.82 Å². The summed E-state index contributed by atoms with van der Waals surface area (Å²) in [5.74, 6) is 0.694. The molecule has 0 spiro atoms. The van der Waals surface area contributed by atoms with Crippen LogP contribution in [0.3, 0.4) is 0 Å². The van der Waals surface area contributed by atoms with Gasteiger partial charge in [-0.15, -0.1) is 0 Å². The number of amides is 1. The van der Waals surface area contributed by atoms with Crippen molar-refractivity contribution >= 4 is 17.4 Å². The first-order chi connectivity index (χ1) is 9.15. The molecule has 1 aromatic carbocycles. The minimum atomic E-state index is -0.0950. The van der Waals surface area contributed by atoms with Crippen molar-refractivity contribution in [2.75, 3.05) is 10.6 Å². The van der Waals surface area contributed by atoms with E-state index in [9.17, 15) is 4.79 Å². The van der Waals surface area contributed by atoms with Gasteiger partial charge in [0.05, 0.1) is 11.9 Å². The molecule has 0 unspecified atom stereocenters. The zero-order valence-corrected chi connectivity index (χ0v) is 11.1. The lowest BCUT2D eigenvalue weighted by Gasteiger charge is -2.09. The molecular weight excluding hydrogens is 238 g/mol. The van der Waals surface area contributed by atoms with Crippen LogP contribution in [-0.4, -0.2) is 10.9 Å². The zero-order chi connectivity index (χ0) is 13.7. The highest BCUT2D eigenvalue weighted by Crippen LogP contribution is 2.12. The molecule has 2 N–H and O–H groups in total. The second-order valence-electron chi connectivity index (χ2n) is 4.39. The number of nitrogens with one attached hydrogen (secondary N) is 2. The number of anilines is 2. The fourth-order valence-corrected chi connectivity index (χ4v) is 1.77. The molecule has 0 aliphatic rings. The van der Waals surface area contributed by atoms with Crippen molar-refractivity contribution in [3.8, 4) is 0 Å². The summed E-state index contributed by atoms with van der Waals surface area (Å²) in [7, 11) is 0. The number of hydrogen-bond donors (Lipinski definition) is 2. The van der Waals surface area contributed by atoms with Gasteiger partial charge in [0.25, 0.3) is 0 Å². The highest BCUT2D eigenvalue weighted by atomic mass is 16.1. The van der Waals surface area contributed by atoms with Gasteiger partial charge in [-0.05, 0) is 30.2 Å². The number of benzene rings is 1. The van der Waals surface area contributed by atoms with E-state index in [0.717, 1.165) is 12.4 Å². The van der Waals surface area contributed by atoms with Gasteiger partial charge in [0, 0.05) is 13.5 Å². The van der Waals surface area contributed by atoms with Crippen molar-refractivity contribution in [1.29, 1.82) is 0 Å². The van der Waals surface area contributed by atoms with Crippen molar-refractivity contribution < 1.29 is 4.79 Å². The highest BCUT2D eigenvalue weighted by Gasteiger charge is 1.99.